The Kier molecular flexibility index (Phi) is 3.36. The minimum atomic E-state index is -0.283. The highest BCUT2D eigenvalue weighted by Crippen LogP contribution is 2.29. The molecular weight excluding hydrogens is 261 g/mol. The largest absolute Gasteiger partial charge is 0.330 e. The number of rotatable bonds is 2. The first-order chi connectivity index (χ1) is 8.09. The van der Waals surface area contributed by atoms with Gasteiger partial charge in [-0.25, -0.2) is 4.98 Å². The molecule has 0 spiro atoms. The molecule has 1 amide bonds. The Bertz CT molecular complexity index is 566. The van der Waals surface area contributed by atoms with Gasteiger partial charge in [0.2, 0.25) is 0 Å². The summed E-state index contributed by atoms with van der Waals surface area (Å²) in [6.45, 7) is 0. The molecule has 0 aliphatic rings. The van der Waals surface area contributed by atoms with E-state index in [1.807, 2.05) is 0 Å². The van der Waals surface area contributed by atoms with Crippen molar-refractivity contribution in [2.75, 3.05) is 5.32 Å². The van der Waals surface area contributed by atoms with E-state index < -0.39 is 0 Å². The van der Waals surface area contributed by atoms with E-state index in [1.54, 1.807) is 36.1 Å². The van der Waals surface area contributed by atoms with Crippen molar-refractivity contribution in [3.05, 3.63) is 46.5 Å². The van der Waals surface area contributed by atoms with Crippen LogP contribution in [-0.2, 0) is 7.05 Å². The molecule has 0 unspecified atom stereocenters. The van der Waals surface area contributed by atoms with Gasteiger partial charge in [-0.15, -0.1) is 0 Å². The second-order valence-corrected chi connectivity index (χ2v) is 4.23. The smallest absolute Gasteiger partial charge is 0.273 e. The van der Waals surface area contributed by atoms with Gasteiger partial charge in [0.05, 0.1) is 28.3 Å². The number of imidazole rings is 1. The summed E-state index contributed by atoms with van der Waals surface area (Å²) in [4.78, 5) is 15.8. The van der Waals surface area contributed by atoms with E-state index in [1.165, 1.54) is 6.20 Å². The van der Waals surface area contributed by atoms with Crippen LogP contribution in [0.25, 0.3) is 0 Å². The number of carbonyl (C=O) groups excluding carboxylic acids is 1. The second-order valence-electron chi connectivity index (χ2n) is 3.45. The molecule has 0 atom stereocenters. The third kappa shape index (κ3) is 2.43. The van der Waals surface area contributed by atoms with Crippen molar-refractivity contribution in [2.45, 2.75) is 0 Å². The third-order valence-electron chi connectivity index (χ3n) is 2.25. The lowest BCUT2D eigenvalue weighted by Gasteiger charge is -2.08. The van der Waals surface area contributed by atoms with Crippen LogP contribution in [0.15, 0.2) is 30.7 Å². The van der Waals surface area contributed by atoms with Gasteiger partial charge in [-0.05, 0) is 12.1 Å². The highest BCUT2D eigenvalue weighted by molar-refractivity contribution is 6.44. The first-order valence-electron chi connectivity index (χ1n) is 4.81. The fraction of sp³-hybridized carbons (Fsp3) is 0.0909. The standard InChI is InChI=1S/C11H9Cl2N3O/c1-16-6-14-5-9(16)11(17)15-8-4-2-3-7(12)10(8)13/h2-6H,1H3,(H,15,17). The molecule has 4 nitrogen and oxygen atoms in total. The summed E-state index contributed by atoms with van der Waals surface area (Å²) < 4.78 is 1.62. The molecule has 0 aliphatic heterocycles. The average molecular weight is 270 g/mol. The lowest BCUT2D eigenvalue weighted by molar-refractivity contribution is 0.101. The Morgan fingerprint density at radius 2 is 2.18 bits per heavy atom. The van der Waals surface area contributed by atoms with Crippen LogP contribution in [0.2, 0.25) is 10.0 Å². The number of aromatic nitrogens is 2. The van der Waals surface area contributed by atoms with Crippen LogP contribution in [0.4, 0.5) is 5.69 Å². The van der Waals surface area contributed by atoms with E-state index in [0.29, 0.717) is 21.4 Å². The Balaban J connectivity index is 2.25. The molecule has 2 rings (SSSR count). The molecular formula is C11H9Cl2N3O. The van der Waals surface area contributed by atoms with Crippen LogP contribution < -0.4 is 5.32 Å². The Labute approximate surface area is 108 Å². The average Bonchev–Trinajstić information content (AvgIpc) is 2.71. The first-order valence-corrected chi connectivity index (χ1v) is 5.57. The van der Waals surface area contributed by atoms with E-state index in [-0.39, 0.29) is 5.91 Å². The number of carbonyl (C=O) groups is 1. The highest BCUT2D eigenvalue weighted by Gasteiger charge is 2.12. The number of anilines is 1. The van der Waals surface area contributed by atoms with Crippen molar-refractivity contribution in [1.82, 2.24) is 9.55 Å². The maximum absolute atomic E-state index is 11.9. The van der Waals surface area contributed by atoms with E-state index in [9.17, 15) is 4.79 Å². The molecule has 1 aromatic heterocycles. The molecule has 0 radical (unpaired) electrons. The minimum Gasteiger partial charge on any atom is -0.330 e. The van der Waals surface area contributed by atoms with Crippen molar-refractivity contribution in [3.8, 4) is 0 Å². The molecule has 6 heteroatoms. The molecule has 1 N–H and O–H groups in total. The van der Waals surface area contributed by atoms with Crippen molar-refractivity contribution in [3.63, 3.8) is 0 Å². The number of nitrogens with one attached hydrogen (secondary N) is 1. The molecule has 0 saturated carbocycles. The summed E-state index contributed by atoms with van der Waals surface area (Å²) in [5.41, 5.74) is 0.923. The van der Waals surface area contributed by atoms with Crippen LogP contribution in [0.1, 0.15) is 10.5 Å². The van der Waals surface area contributed by atoms with Crippen molar-refractivity contribution >= 4 is 34.8 Å². The number of nitrogens with zero attached hydrogens (tertiary/aromatic N) is 2. The van der Waals surface area contributed by atoms with Gasteiger partial charge in [0, 0.05) is 7.05 Å². The number of benzene rings is 1. The normalized spacial score (nSPS) is 10.3. The van der Waals surface area contributed by atoms with Crippen LogP contribution in [0.3, 0.4) is 0 Å². The van der Waals surface area contributed by atoms with E-state index >= 15 is 0 Å². The number of hydrogen-bond donors (Lipinski definition) is 1. The highest BCUT2D eigenvalue weighted by atomic mass is 35.5. The van der Waals surface area contributed by atoms with Gasteiger partial charge in [0.15, 0.2) is 0 Å². The summed E-state index contributed by atoms with van der Waals surface area (Å²) in [7, 11) is 1.74. The Hall–Kier alpha value is -1.52. The molecule has 88 valence electrons. The zero-order valence-electron chi connectivity index (χ0n) is 8.95. The molecule has 0 aliphatic carbocycles. The van der Waals surface area contributed by atoms with Crippen molar-refractivity contribution in [2.24, 2.45) is 7.05 Å². The van der Waals surface area contributed by atoms with E-state index in [4.69, 9.17) is 23.2 Å². The van der Waals surface area contributed by atoms with Gasteiger partial charge in [-0.3, -0.25) is 4.79 Å². The van der Waals surface area contributed by atoms with Gasteiger partial charge in [0.1, 0.15) is 5.69 Å². The van der Waals surface area contributed by atoms with Gasteiger partial charge >= 0.3 is 0 Å². The monoisotopic (exact) mass is 269 g/mol. The van der Waals surface area contributed by atoms with Crippen molar-refractivity contribution < 1.29 is 4.79 Å². The lowest BCUT2D eigenvalue weighted by atomic mass is 10.3. The molecule has 0 fully saturated rings. The SMILES string of the molecule is Cn1cncc1C(=O)Nc1cccc(Cl)c1Cl. The van der Waals surface area contributed by atoms with E-state index in [2.05, 4.69) is 10.3 Å². The topological polar surface area (TPSA) is 46.9 Å². The number of halogens is 2. The van der Waals surface area contributed by atoms with Gasteiger partial charge in [-0.1, -0.05) is 29.3 Å². The van der Waals surface area contributed by atoms with E-state index in [0.717, 1.165) is 0 Å². The van der Waals surface area contributed by atoms with Crippen LogP contribution >= 0.6 is 23.2 Å². The summed E-state index contributed by atoms with van der Waals surface area (Å²) in [5.74, 6) is -0.283. The zero-order valence-corrected chi connectivity index (χ0v) is 10.5. The van der Waals surface area contributed by atoms with Gasteiger partial charge in [-0.2, -0.15) is 0 Å². The molecule has 0 saturated heterocycles. The zero-order chi connectivity index (χ0) is 12.4. The first kappa shape index (κ1) is 12.0. The number of hydrogen-bond acceptors (Lipinski definition) is 2. The molecule has 1 aromatic carbocycles. The maximum atomic E-state index is 11.9. The quantitative estimate of drug-likeness (QED) is 0.911. The van der Waals surface area contributed by atoms with Crippen LogP contribution in [-0.4, -0.2) is 15.5 Å². The van der Waals surface area contributed by atoms with Crippen molar-refractivity contribution in [1.29, 1.82) is 0 Å². The van der Waals surface area contributed by atoms with Gasteiger partial charge < -0.3 is 9.88 Å². The van der Waals surface area contributed by atoms with Crippen LogP contribution in [0, 0.1) is 0 Å². The third-order valence-corrected chi connectivity index (χ3v) is 3.07. The second kappa shape index (κ2) is 4.77. The lowest BCUT2D eigenvalue weighted by Crippen LogP contribution is -2.15. The maximum Gasteiger partial charge on any atom is 0.273 e. The fourth-order valence-corrected chi connectivity index (χ4v) is 1.71. The molecule has 17 heavy (non-hydrogen) atoms. The summed E-state index contributed by atoms with van der Waals surface area (Å²) in [5, 5.41) is 3.40. The summed E-state index contributed by atoms with van der Waals surface area (Å²) >= 11 is 11.8. The minimum absolute atomic E-state index is 0.283. The molecule has 1 heterocycles. The van der Waals surface area contributed by atoms with Gasteiger partial charge in [0.25, 0.3) is 5.91 Å². The fourth-order valence-electron chi connectivity index (χ4n) is 1.36. The Morgan fingerprint density at radius 1 is 1.41 bits per heavy atom. The Morgan fingerprint density at radius 3 is 2.82 bits per heavy atom. The summed E-state index contributed by atoms with van der Waals surface area (Å²) in [6, 6.07) is 5.05. The predicted octanol–water partition coefficient (Wildman–Crippen LogP) is 2.98. The molecule has 2 aromatic rings. The molecule has 0 bridgehead atoms. The van der Waals surface area contributed by atoms with Crippen LogP contribution in [0.5, 0.6) is 0 Å². The predicted molar refractivity (Wildman–Crippen MR) is 67.6 cm³/mol. The summed E-state index contributed by atoms with van der Waals surface area (Å²) in [6.07, 6.45) is 3.03. The number of aryl methyl sites for hydroxylation is 1. The number of amides is 1.